The van der Waals surface area contributed by atoms with Crippen LogP contribution in [-0.4, -0.2) is 116 Å². The summed E-state index contributed by atoms with van der Waals surface area (Å²) in [6.45, 7) is 33.9. The van der Waals surface area contributed by atoms with E-state index in [1.54, 1.807) is 31.7 Å². The number of rotatable bonds is 13. The Balaban J connectivity index is 0.000000504. The topological polar surface area (TPSA) is 216 Å². The summed E-state index contributed by atoms with van der Waals surface area (Å²) in [6.07, 6.45) is 13.1. The second kappa shape index (κ2) is 41.3. The lowest BCUT2D eigenvalue weighted by atomic mass is 9.91. The number of Topliss-reactive ketones (excluding diaryl/α,β-unsaturated/α-hetero) is 4. The molecule has 84 heavy (non-hydrogen) atoms. The molecule has 17 heteroatoms. The van der Waals surface area contributed by atoms with E-state index in [9.17, 15) is 33.6 Å². The number of amides is 1. The number of benzene rings is 3. The van der Waals surface area contributed by atoms with Gasteiger partial charge in [-0.25, -0.2) is 9.84 Å². The van der Waals surface area contributed by atoms with E-state index >= 15 is 0 Å². The van der Waals surface area contributed by atoms with Crippen molar-refractivity contribution in [2.45, 2.75) is 125 Å². The zero-order valence-electron chi connectivity index (χ0n) is 50.2. The van der Waals surface area contributed by atoms with Crippen LogP contribution in [0.15, 0.2) is 146 Å². The smallest absolute Gasteiger partial charge is 0.220 e. The highest BCUT2D eigenvalue weighted by molar-refractivity contribution is 6.63. The molecule has 0 radical (unpaired) electrons. The van der Waals surface area contributed by atoms with Crippen molar-refractivity contribution in [1.29, 1.82) is 15.8 Å². The monoisotopic (exact) mass is 1180 g/mol. The van der Waals surface area contributed by atoms with E-state index in [0.717, 1.165) is 64.1 Å². The molecule has 1 N–H and O–H groups in total. The number of nitrogens with one attached hydrogen (secondary N) is 1. The fourth-order valence-corrected chi connectivity index (χ4v) is 9.99. The van der Waals surface area contributed by atoms with Gasteiger partial charge < -0.3 is 21.2 Å². The van der Waals surface area contributed by atoms with Crippen LogP contribution in [0.2, 0.25) is 0 Å². The van der Waals surface area contributed by atoms with Gasteiger partial charge >= 0.3 is 0 Å². The second-order valence-electron chi connectivity index (χ2n) is 20.6. The third kappa shape index (κ3) is 29.0. The van der Waals surface area contributed by atoms with Crippen LogP contribution in [0.5, 0.6) is 0 Å². The van der Waals surface area contributed by atoms with Gasteiger partial charge in [0.2, 0.25) is 16.4 Å². The molecule has 1 amide bonds. The fraction of sp³-hybridized carbons (Fsp3) is 0.418. The van der Waals surface area contributed by atoms with Crippen LogP contribution in [0, 0.1) is 63.7 Å². The largest absolute Gasteiger partial charge is 0.393 e. The Morgan fingerprint density at radius 3 is 1.46 bits per heavy atom. The zero-order chi connectivity index (χ0) is 63.3. The van der Waals surface area contributed by atoms with Crippen molar-refractivity contribution in [1.82, 2.24) is 20.0 Å². The van der Waals surface area contributed by atoms with Gasteiger partial charge in [-0.05, 0) is 114 Å². The van der Waals surface area contributed by atoms with Gasteiger partial charge in [0.1, 0.15) is 35.6 Å². The van der Waals surface area contributed by atoms with Crippen molar-refractivity contribution in [3.05, 3.63) is 169 Å². The summed E-state index contributed by atoms with van der Waals surface area (Å²) in [5, 5.41) is 27.9. The average molecular weight is 1180 g/mol. The number of nitrogens with zero attached hydrogens (tertiary/aromatic N) is 7. The molecule has 0 aromatic heterocycles. The standard InChI is InChI=1S/C16H18N2O.C13H16NO.C11H14N2O2.C11H13N.C9H15NO.C3H2N.2C2H3ClO/c1-12(10-17)16-15(13(2)19)8-9-18(16)11-14-6-4-3-5-7-14;1-11(15)13-7-8-14(10-13)9-12-5-3-2-4-6-12;1-7(6-12)11-10(8(2)14)4-5-13(11)9(3)15;1-2-6-11(7-3-1)10-12-8-4-5-9-12;1-6(2)9-8(7(3)11)4-5-10-9;1-2-3-4;2*1-2(3)4/h3-7,15-16H,1,8-9,11H2,2H3;2-6,10,13H,7-9H2,1H3;10-11H,1,4-5H2,2-3H3;1-4,6-8H,5,9-10H2;8-10H,1,4-5H2,2-3H3;1H2;2*1H3/q;+1;;;;-1;;. The van der Waals surface area contributed by atoms with Crippen molar-refractivity contribution < 1.29 is 38.1 Å². The van der Waals surface area contributed by atoms with E-state index in [1.165, 1.54) is 57.4 Å². The predicted molar refractivity (Wildman–Crippen MR) is 333 cm³/mol. The van der Waals surface area contributed by atoms with Gasteiger partial charge in [0.25, 0.3) is 0 Å². The molecule has 3 fully saturated rings. The Labute approximate surface area is 509 Å². The van der Waals surface area contributed by atoms with Gasteiger partial charge in [-0.3, -0.25) is 45.0 Å². The van der Waals surface area contributed by atoms with Crippen molar-refractivity contribution >= 4 is 68.9 Å². The van der Waals surface area contributed by atoms with Crippen molar-refractivity contribution in [3.8, 4) is 18.2 Å². The number of ketones is 4. The lowest BCUT2D eigenvalue weighted by Gasteiger charge is -2.26. The minimum Gasteiger partial charge on any atom is -0.393 e. The first-order chi connectivity index (χ1) is 39.8. The molecule has 15 nitrogen and oxygen atoms in total. The molecule has 5 aliphatic heterocycles. The maximum atomic E-state index is 11.7. The number of hydrogen-bond acceptors (Lipinski definition) is 13. The Morgan fingerprint density at radius 2 is 1.07 bits per heavy atom. The summed E-state index contributed by atoms with van der Waals surface area (Å²) >= 11 is 9.27. The molecule has 448 valence electrons. The first kappa shape index (κ1) is 74.3. The van der Waals surface area contributed by atoms with Crippen LogP contribution < -0.4 is 5.32 Å². The highest BCUT2D eigenvalue weighted by Crippen LogP contribution is 2.32. The Morgan fingerprint density at radius 1 is 0.619 bits per heavy atom. The molecule has 3 saturated heterocycles. The number of carbonyl (C=O) groups is 7. The Kier molecular flexibility index (Phi) is 36.5. The predicted octanol–water partition coefficient (Wildman–Crippen LogP) is 10.9. The van der Waals surface area contributed by atoms with Crippen LogP contribution in [0.1, 0.15) is 104 Å². The number of hydrogen-bond donors (Lipinski definition) is 1. The third-order valence-corrected chi connectivity index (χ3v) is 13.9. The van der Waals surface area contributed by atoms with Gasteiger partial charge in [-0.2, -0.15) is 10.5 Å². The molecular formula is C67H84Cl2N8O7. The van der Waals surface area contributed by atoms with E-state index in [4.69, 9.17) is 15.8 Å². The van der Waals surface area contributed by atoms with Crippen molar-refractivity contribution in [3.63, 3.8) is 0 Å². The minimum atomic E-state index is -0.426. The van der Waals surface area contributed by atoms with E-state index in [0.29, 0.717) is 24.1 Å². The van der Waals surface area contributed by atoms with E-state index in [1.807, 2.05) is 55.5 Å². The van der Waals surface area contributed by atoms with Gasteiger partial charge in [0, 0.05) is 93.9 Å². The maximum Gasteiger partial charge on any atom is 0.220 e. The summed E-state index contributed by atoms with van der Waals surface area (Å²) < 4.78 is 2.24. The third-order valence-electron chi connectivity index (χ3n) is 13.9. The first-order valence-corrected chi connectivity index (χ1v) is 28.5. The average Bonchev–Trinajstić information content (AvgIpc) is 4.42. The molecular weight excluding hydrogens is 1100 g/mol. The number of allylic oxidation sites excluding steroid dienone is 1. The molecule has 3 aromatic rings. The molecule has 8 rings (SSSR count). The molecule has 0 saturated carbocycles. The molecule has 0 aliphatic carbocycles. The van der Waals surface area contributed by atoms with Crippen LogP contribution in [-0.2, 0) is 53.2 Å². The number of nitriles is 3. The van der Waals surface area contributed by atoms with Crippen LogP contribution >= 0.6 is 23.2 Å². The SMILES string of the molecule is C1=CN(Cc2ccccc2)CC1.C=C(C#N)C1C(C(C)=O)CCN1C(C)=O.C=C(C#N)C1C(C(C)=O)CCN1Cc1ccccc1.C=C(C)C1NCCC1C(C)=O.C=[C-]C#N.CC(=O)C1C=[N+](Cc2ccccc2)CC1.CC(=O)Cl.CC(=O)Cl. The van der Waals surface area contributed by atoms with Crippen molar-refractivity contribution in [2.75, 3.05) is 32.7 Å². The molecule has 0 bridgehead atoms. The summed E-state index contributed by atoms with van der Waals surface area (Å²) in [4.78, 5) is 81.1. The summed E-state index contributed by atoms with van der Waals surface area (Å²) in [7, 11) is 0. The highest BCUT2D eigenvalue weighted by Gasteiger charge is 2.40. The van der Waals surface area contributed by atoms with Crippen molar-refractivity contribution in [2.24, 2.45) is 23.7 Å². The molecule has 0 spiro atoms. The van der Waals surface area contributed by atoms with Crippen LogP contribution in [0.4, 0.5) is 0 Å². The number of halogens is 2. The van der Waals surface area contributed by atoms with Gasteiger partial charge in [-0.1, -0.05) is 122 Å². The number of carbonyl (C=O) groups excluding carboxylic acids is 7. The summed E-state index contributed by atoms with van der Waals surface area (Å²) in [6, 6.07) is 36.4. The zero-order valence-corrected chi connectivity index (χ0v) is 51.7. The first-order valence-electron chi connectivity index (χ1n) is 27.8. The lowest BCUT2D eigenvalue weighted by Crippen LogP contribution is -2.39. The molecule has 3 aromatic carbocycles. The minimum absolute atomic E-state index is 0.0140. The molecule has 7 atom stereocenters. The van der Waals surface area contributed by atoms with Gasteiger partial charge in [0.15, 0.2) is 12.8 Å². The van der Waals surface area contributed by atoms with Crippen LogP contribution in [0.25, 0.3) is 0 Å². The molecule has 5 aliphatic rings. The number of likely N-dealkylation sites (tertiary alicyclic amines) is 2. The van der Waals surface area contributed by atoms with Gasteiger partial charge in [0.05, 0.1) is 24.2 Å². The fourth-order valence-electron chi connectivity index (χ4n) is 9.99. The highest BCUT2D eigenvalue weighted by atomic mass is 35.5. The maximum absolute atomic E-state index is 11.7. The quantitative estimate of drug-likeness (QED) is 0.0555. The normalized spacial score (nSPS) is 20.2. The van der Waals surface area contributed by atoms with E-state index in [2.05, 4.69) is 148 Å². The molecule has 7 unspecified atom stereocenters. The second-order valence-corrected chi connectivity index (χ2v) is 21.7. The summed E-state index contributed by atoms with van der Waals surface area (Å²) in [5.41, 5.74) is 5.75. The Hall–Kier alpha value is -7.71. The van der Waals surface area contributed by atoms with E-state index in [-0.39, 0.29) is 75.3 Å². The van der Waals surface area contributed by atoms with Gasteiger partial charge in [-0.15, -0.1) is 6.07 Å². The van der Waals surface area contributed by atoms with E-state index < -0.39 is 6.04 Å². The van der Waals surface area contributed by atoms with Crippen LogP contribution in [0.3, 0.4) is 0 Å². The molecule has 5 heterocycles. The summed E-state index contributed by atoms with van der Waals surface area (Å²) in [5.74, 6) is 0.587. The lowest BCUT2D eigenvalue weighted by molar-refractivity contribution is -0.532. The Bertz CT molecular complexity index is 2810.